The number of hydrogen-bond acceptors (Lipinski definition) is 4. The van der Waals surface area contributed by atoms with E-state index in [9.17, 15) is 4.79 Å². The SMILES string of the molecule is COC(=O)C(NCC1CCCO1)c1cc(Br)ccc1Cl. The molecule has 1 aromatic rings. The van der Waals surface area contributed by atoms with Crippen LogP contribution in [0.3, 0.4) is 0 Å². The number of rotatable bonds is 5. The first-order valence-corrected chi connectivity index (χ1v) is 7.66. The molecule has 110 valence electrons. The lowest BCUT2D eigenvalue weighted by Gasteiger charge is -2.20. The molecule has 1 N–H and O–H groups in total. The fourth-order valence-corrected chi connectivity index (χ4v) is 2.83. The van der Waals surface area contributed by atoms with E-state index in [0.29, 0.717) is 17.1 Å². The number of carbonyl (C=O) groups excluding carboxylic acids is 1. The van der Waals surface area contributed by atoms with Crippen LogP contribution in [0.5, 0.6) is 0 Å². The van der Waals surface area contributed by atoms with Crippen molar-refractivity contribution in [1.29, 1.82) is 0 Å². The number of hydrogen-bond donors (Lipinski definition) is 1. The van der Waals surface area contributed by atoms with Crippen molar-refractivity contribution in [2.45, 2.75) is 25.0 Å². The van der Waals surface area contributed by atoms with E-state index in [2.05, 4.69) is 21.2 Å². The maximum Gasteiger partial charge on any atom is 0.327 e. The zero-order chi connectivity index (χ0) is 14.5. The zero-order valence-corrected chi connectivity index (χ0v) is 13.5. The van der Waals surface area contributed by atoms with Gasteiger partial charge in [-0.1, -0.05) is 27.5 Å². The molecule has 0 aromatic heterocycles. The van der Waals surface area contributed by atoms with Gasteiger partial charge in [0.2, 0.25) is 0 Å². The quantitative estimate of drug-likeness (QED) is 0.818. The van der Waals surface area contributed by atoms with Gasteiger partial charge in [-0.15, -0.1) is 0 Å². The molecule has 2 rings (SSSR count). The minimum absolute atomic E-state index is 0.146. The molecular formula is C14H17BrClNO3. The van der Waals surface area contributed by atoms with Crippen LogP contribution < -0.4 is 5.32 Å². The topological polar surface area (TPSA) is 47.6 Å². The van der Waals surface area contributed by atoms with E-state index < -0.39 is 6.04 Å². The Bertz CT molecular complexity index is 477. The highest BCUT2D eigenvalue weighted by Crippen LogP contribution is 2.27. The molecule has 1 aliphatic heterocycles. The molecule has 0 saturated carbocycles. The first-order chi connectivity index (χ1) is 9.61. The van der Waals surface area contributed by atoms with E-state index in [1.807, 2.05) is 12.1 Å². The lowest BCUT2D eigenvalue weighted by Crippen LogP contribution is -2.35. The van der Waals surface area contributed by atoms with Crippen molar-refractivity contribution < 1.29 is 14.3 Å². The molecule has 1 aliphatic rings. The van der Waals surface area contributed by atoms with Gasteiger partial charge in [-0.05, 0) is 36.6 Å². The van der Waals surface area contributed by atoms with Gasteiger partial charge in [-0.25, -0.2) is 4.79 Å². The zero-order valence-electron chi connectivity index (χ0n) is 11.2. The maximum absolute atomic E-state index is 12.0. The first kappa shape index (κ1) is 15.8. The number of esters is 1. The minimum atomic E-state index is -0.589. The average Bonchev–Trinajstić information content (AvgIpc) is 2.95. The van der Waals surface area contributed by atoms with Gasteiger partial charge < -0.3 is 9.47 Å². The molecule has 1 heterocycles. The smallest absolute Gasteiger partial charge is 0.327 e. The largest absolute Gasteiger partial charge is 0.468 e. The standard InChI is InChI=1S/C14H17BrClNO3/c1-19-14(18)13(17-8-10-3-2-6-20-10)11-7-9(15)4-5-12(11)16/h4-5,7,10,13,17H,2-3,6,8H2,1H3. The Labute approximate surface area is 131 Å². The average molecular weight is 363 g/mol. The second-order valence-corrected chi connectivity index (χ2v) is 5.99. The van der Waals surface area contributed by atoms with E-state index in [1.54, 1.807) is 6.07 Å². The summed E-state index contributed by atoms with van der Waals surface area (Å²) in [5.74, 6) is -0.358. The summed E-state index contributed by atoms with van der Waals surface area (Å²) in [6.07, 6.45) is 2.22. The van der Waals surface area contributed by atoms with E-state index in [0.717, 1.165) is 23.9 Å². The van der Waals surface area contributed by atoms with Gasteiger partial charge in [-0.3, -0.25) is 5.32 Å². The normalized spacial score (nSPS) is 19.9. The van der Waals surface area contributed by atoms with Gasteiger partial charge in [-0.2, -0.15) is 0 Å². The fourth-order valence-electron chi connectivity index (χ4n) is 2.23. The summed E-state index contributed by atoms with van der Waals surface area (Å²) in [7, 11) is 1.37. The van der Waals surface area contributed by atoms with Crippen LogP contribution in [0.2, 0.25) is 5.02 Å². The van der Waals surface area contributed by atoms with Gasteiger partial charge in [0.1, 0.15) is 6.04 Å². The summed E-state index contributed by atoms with van der Waals surface area (Å²) in [5.41, 5.74) is 0.700. The molecule has 6 heteroatoms. The molecule has 0 aliphatic carbocycles. The Morgan fingerprint density at radius 1 is 1.65 bits per heavy atom. The number of methoxy groups -OCH3 is 1. The predicted molar refractivity (Wildman–Crippen MR) is 80.9 cm³/mol. The number of benzene rings is 1. The van der Waals surface area contributed by atoms with Gasteiger partial charge in [0, 0.05) is 22.6 Å². The molecular weight excluding hydrogens is 346 g/mol. The Morgan fingerprint density at radius 2 is 2.45 bits per heavy atom. The molecule has 0 bridgehead atoms. The molecule has 1 aromatic carbocycles. The van der Waals surface area contributed by atoms with Gasteiger partial charge in [0.05, 0.1) is 13.2 Å². The molecule has 2 atom stereocenters. The van der Waals surface area contributed by atoms with Crippen LogP contribution in [0, 0.1) is 0 Å². The van der Waals surface area contributed by atoms with Crippen LogP contribution in [-0.2, 0) is 14.3 Å². The number of halogens is 2. The number of nitrogens with one attached hydrogen (secondary N) is 1. The van der Waals surface area contributed by atoms with Crippen LogP contribution in [0.1, 0.15) is 24.4 Å². The predicted octanol–water partition coefficient (Wildman–Crippen LogP) is 3.09. The molecule has 1 fully saturated rings. The summed E-state index contributed by atoms with van der Waals surface area (Å²) >= 11 is 9.58. The second kappa shape index (κ2) is 7.41. The second-order valence-electron chi connectivity index (χ2n) is 4.67. The molecule has 1 saturated heterocycles. The Hall–Kier alpha value is -0.620. The molecule has 0 spiro atoms. The highest BCUT2D eigenvalue weighted by Gasteiger charge is 2.26. The van der Waals surface area contributed by atoms with Crippen molar-refractivity contribution in [2.75, 3.05) is 20.3 Å². The Morgan fingerprint density at radius 3 is 3.10 bits per heavy atom. The van der Waals surface area contributed by atoms with Crippen LogP contribution in [0.4, 0.5) is 0 Å². The molecule has 2 unspecified atom stereocenters. The molecule has 20 heavy (non-hydrogen) atoms. The van der Waals surface area contributed by atoms with Crippen molar-refractivity contribution in [3.05, 3.63) is 33.3 Å². The highest BCUT2D eigenvalue weighted by molar-refractivity contribution is 9.10. The van der Waals surface area contributed by atoms with Crippen LogP contribution in [0.15, 0.2) is 22.7 Å². The van der Waals surface area contributed by atoms with Crippen molar-refractivity contribution >= 4 is 33.5 Å². The van der Waals surface area contributed by atoms with Gasteiger partial charge >= 0.3 is 5.97 Å². The molecule has 0 amide bonds. The lowest BCUT2D eigenvalue weighted by molar-refractivity contribution is -0.143. The summed E-state index contributed by atoms with van der Waals surface area (Å²) in [6, 6.07) is 4.83. The third-order valence-corrected chi connectivity index (χ3v) is 4.12. The summed E-state index contributed by atoms with van der Waals surface area (Å²) < 4.78 is 11.3. The molecule has 0 radical (unpaired) electrons. The van der Waals surface area contributed by atoms with Crippen LogP contribution >= 0.6 is 27.5 Å². The van der Waals surface area contributed by atoms with Crippen molar-refractivity contribution in [1.82, 2.24) is 5.32 Å². The number of ether oxygens (including phenoxy) is 2. The van der Waals surface area contributed by atoms with E-state index >= 15 is 0 Å². The van der Waals surface area contributed by atoms with Crippen molar-refractivity contribution in [3.8, 4) is 0 Å². The highest BCUT2D eigenvalue weighted by atomic mass is 79.9. The monoisotopic (exact) mass is 361 g/mol. The molecule has 4 nitrogen and oxygen atoms in total. The number of carbonyl (C=O) groups is 1. The minimum Gasteiger partial charge on any atom is -0.468 e. The summed E-state index contributed by atoms with van der Waals surface area (Å²) in [5, 5.41) is 3.72. The van der Waals surface area contributed by atoms with E-state index in [-0.39, 0.29) is 12.1 Å². The van der Waals surface area contributed by atoms with Crippen molar-refractivity contribution in [3.63, 3.8) is 0 Å². The summed E-state index contributed by atoms with van der Waals surface area (Å²) in [6.45, 7) is 1.38. The van der Waals surface area contributed by atoms with Crippen molar-refractivity contribution in [2.24, 2.45) is 0 Å². The first-order valence-electron chi connectivity index (χ1n) is 6.49. The van der Waals surface area contributed by atoms with E-state index in [1.165, 1.54) is 7.11 Å². The Kier molecular flexibility index (Phi) is 5.84. The summed E-state index contributed by atoms with van der Waals surface area (Å²) in [4.78, 5) is 12.0. The van der Waals surface area contributed by atoms with Crippen LogP contribution in [0.25, 0.3) is 0 Å². The Balaban J connectivity index is 2.13. The lowest BCUT2D eigenvalue weighted by atomic mass is 10.1. The third kappa shape index (κ3) is 3.95. The van der Waals surface area contributed by atoms with Gasteiger partial charge in [0.15, 0.2) is 0 Å². The van der Waals surface area contributed by atoms with Gasteiger partial charge in [0.25, 0.3) is 0 Å². The van der Waals surface area contributed by atoms with Crippen LogP contribution in [-0.4, -0.2) is 32.3 Å². The third-order valence-electron chi connectivity index (χ3n) is 3.28. The fraction of sp³-hybridized carbons (Fsp3) is 0.500. The van der Waals surface area contributed by atoms with E-state index in [4.69, 9.17) is 21.1 Å². The maximum atomic E-state index is 12.0.